The van der Waals surface area contributed by atoms with Gasteiger partial charge in [-0.1, -0.05) is 0 Å². The molecular weight excluding hydrogens is 174 g/mol. The molecule has 12 heavy (non-hydrogen) atoms. The van der Waals surface area contributed by atoms with E-state index in [0.29, 0.717) is 0 Å². The number of aromatic hydroxyl groups is 1. The SMILES string of the molecule is Cn1ccnc1-c1nc(O)cs1. The predicted octanol–water partition coefficient (Wildman–Crippen LogP) is 1.25. The number of imidazole rings is 1. The summed E-state index contributed by atoms with van der Waals surface area (Å²) < 4.78 is 1.86. The van der Waals surface area contributed by atoms with Gasteiger partial charge < -0.3 is 9.67 Å². The molecule has 4 nitrogen and oxygen atoms in total. The highest BCUT2D eigenvalue weighted by molar-refractivity contribution is 7.13. The van der Waals surface area contributed by atoms with Crippen LogP contribution in [0.25, 0.3) is 10.8 Å². The number of aromatic nitrogens is 3. The van der Waals surface area contributed by atoms with Crippen molar-refractivity contribution in [1.29, 1.82) is 0 Å². The molecule has 62 valence electrons. The van der Waals surface area contributed by atoms with Gasteiger partial charge in [-0.3, -0.25) is 0 Å². The first-order valence-corrected chi connectivity index (χ1v) is 4.27. The van der Waals surface area contributed by atoms with Gasteiger partial charge in [-0.15, -0.1) is 11.3 Å². The van der Waals surface area contributed by atoms with Crippen LogP contribution in [-0.4, -0.2) is 19.6 Å². The number of hydrogen-bond donors (Lipinski definition) is 1. The average molecular weight is 181 g/mol. The minimum atomic E-state index is 0.0537. The van der Waals surface area contributed by atoms with Crippen molar-refractivity contribution in [3.8, 4) is 16.7 Å². The van der Waals surface area contributed by atoms with Crippen LogP contribution < -0.4 is 0 Å². The zero-order valence-electron chi connectivity index (χ0n) is 6.43. The van der Waals surface area contributed by atoms with Crippen molar-refractivity contribution in [2.45, 2.75) is 0 Å². The second kappa shape index (κ2) is 2.60. The van der Waals surface area contributed by atoms with Gasteiger partial charge in [-0.25, -0.2) is 4.98 Å². The van der Waals surface area contributed by atoms with Gasteiger partial charge in [0.25, 0.3) is 0 Å². The van der Waals surface area contributed by atoms with Crippen molar-refractivity contribution in [1.82, 2.24) is 14.5 Å². The summed E-state index contributed by atoms with van der Waals surface area (Å²) in [5.41, 5.74) is 0. The average Bonchev–Trinajstić information content (AvgIpc) is 2.58. The molecular formula is C7H7N3OS. The lowest BCUT2D eigenvalue weighted by atomic mass is 10.6. The minimum absolute atomic E-state index is 0.0537. The van der Waals surface area contributed by atoms with Crippen LogP contribution in [0.4, 0.5) is 0 Å². The maximum atomic E-state index is 9.01. The second-order valence-electron chi connectivity index (χ2n) is 2.37. The third-order valence-electron chi connectivity index (χ3n) is 1.50. The van der Waals surface area contributed by atoms with Gasteiger partial charge in [0.1, 0.15) is 0 Å². The molecule has 1 N–H and O–H groups in total. The molecule has 0 aromatic carbocycles. The molecule has 0 aliphatic heterocycles. The molecule has 0 saturated heterocycles. The van der Waals surface area contributed by atoms with E-state index in [9.17, 15) is 0 Å². The van der Waals surface area contributed by atoms with Crippen LogP contribution in [-0.2, 0) is 7.05 Å². The maximum Gasteiger partial charge on any atom is 0.222 e. The van der Waals surface area contributed by atoms with Crippen LogP contribution in [0.2, 0.25) is 0 Å². The normalized spacial score (nSPS) is 10.4. The fraction of sp³-hybridized carbons (Fsp3) is 0.143. The van der Waals surface area contributed by atoms with E-state index in [-0.39, 0.29) is 5.88 Å². The molecule has 2 aromatic heterocycles. The lowest BCUT2D eigenvalue weighted by Crippen LogP contribution is -1.89. The van der Waals surface area contributed by atoms with E-state index >= 15 is 0 Å². The van der Waals surface area contributed by atoms with Crippen LogP contribution in [0.15, 0.2) is 17.8 Å². The molecule has 0 radical (unpaired) electrons. The topological polar surface area (TPSA) is 50.9 Å². The van der Waals surface area contributed by atoms with Gasteiger partial charge in [0, 0.05) is 19.4 Å². The van der Waals surface area contributed by atoms with Gasteiger partial charge >= 0.3 is 0 Å². The van der Waals surface area contributed by atoms with Gasteiger partial charge in [0.05, 0.1) is 5.38 Å². The Balaban J connectivity index is 2.50. The summed E-state index contributed by atoms with van der Waals surface area (Å²) in [5.74, 6) is 0.832. The summed E-state index contributed by atoms with van der Waals surface area (Å²) >= 11 is 1.38. The first-order chi connectivity index (χ1) is 5.77. The molecule has 2 rings (SSSR count). The predicted molar refractivity (Wildman–Crippen MR) is 46.0 cm³/mol. The Morgan fingerprint density at radius 3 is 2.92 bits per heavy atom. The number of rotatable bonds is 1. The minimum Gasteiger partial charge on any atom is -0.493 e. The Kier molecular flexibility index (Phi) is 1.58. The molecule has 0 aliphatic rings. The zero-order chi connectivity index (χ0) is 8.55. The zero-order valence-corrected chi connectivity index (χ0v) is 7.25. The quantitative estimate of drug-likeness (QED) is 0.720. The molecule has 0 spiro atoms. The molecule has 5 heteroatoms. The summed E-state index contributed by atoms with van der Waals surface area (Å²) in [5, 5.41) is 11.3. The molecule has 0 amide bonds. The Morgan fingerprint density at radius 2 is 2.42 bits per heavy atom. The van der Waals surface area contributed by atoms with Crippen molar-refractivity contribution < 1.29 is 5.11 Å². The first kappa shape index (κ1) is 7.30. The van der Waals surface area contributed by atoms with Crippen LogP contribution in [0.3, 0.4) is 0 Å². The van der Waals surface area contributed by atoms with Gasteiger partial charge in [-0.05, 0) is 0 Å². The molecule has 2 aromatic rings. The molecule has 0 bridgehead atoms. The highest BCUT2D eigenvalue weighted by Crippen LogP contribution is 2.23. The first-order valence-electron chi connectivity index (χ1n) is 3.39. The molecule has 0 saturated carbocycles. The van der Waals surface area contributed by atoms with Crippen molar-refractivity contribution in [2.75, 3.05) is 0 Å². The lowest BCUT2D eigenvalue weighted by Gasteiger charge is -1.94. The highest BCUT2D eigenvalue weighted by Gasteiger charge is 2.07. The van der Waals surface area contributed by atoms with E-state index in [1.807, 2.05) is 17.8 Å². The maximum absolute atomic E-state index is 9.01. The molecule has 2 heterocycles. The van der Waals surface area contributed by atoms with E-state index in [2.05, 4.69) is 9.97 Å². The molecule has 0 atom stereocenters. The largest absolute Gasteiger partial charge is 0.493 e. The number of nitrogens with zero attached hydrogens (tertiary/aromatic N) is 3. The third kappa shape index (κ3) is 1.08. The Morgan fingerprint density at radius 1 is 1.58 bits per heavy atom. The summed E-state index contributed by atoms with van der Waals surface area (Å²) in [7, 11) is 1.89. The summed E-state index contributed by atoms with van der Waals surface area (Å²) in [6, 6.07) is 0. The number of hydrogen-bond acceptors (Lipinski definition) is 4. The van der Waals surface area contributed by atoms with Crippen molar-refractivity contribution in [3.63, 3.8) is 0 Å². The van der Waals surface area contributed by atoms with Crippen molar-refractivity contribution >= 4 is 11.3 Å². The Hall–Kier alpha value is -1.36. The van der Waals surface area contributed by atoms with Crippen LogP contribution in [0.5, 0.6) is 5.88 Å². The van der Waals surface area contributed by atoms with E-state index < -0.39 is 0 Å². The summed E-state index contributed by atoms with van der Waals surface area (Å²) in [6.07, 6.45) is 3.54. The smallest absolute Gasteiger partial charge is 0.222 e. The Bertz CT molecular complexity index is 393. The fourth-order valence-corrected chi connectivity index (χ4v) is 1.66. The Labute approximate surface area is 73.1 Å². The van der Waals surface area contributed by atoms with Crippen molar-refractivity contribution in [3.05, 3.63) is 17.8 Å². The van der Waals surface area contributed by atoms with Gasteiger partial charge in [0.15, 0.2) is 10.8 Å². The second-order valence-corrected chi connectivity index (χ2v) is 3.23. The molecule has 0 fully saturated rings. The van der Waals surface area contributed by atoms with Crippen LogP contribution in [0, 0.1) is 0 Å². The highest BCUT2D eigenvalue weighted by atomic mass is 32.1. The number of aryl methyl sites for hydroxylation is 1. The van der Waals surface area contributed by atoms with Gasteiger partial charge in [-0.2, -0.15) is 4.98 Å². The number of thiazole rings is 1. The van der Waals surface area contributed by atoms with E-state index in [1.54, 1.807) is 11.6 Å². The third-order valence-corrected chi connectivity index (χ3v) is 2.33. The molecule has 0 aliphatic carbocycles. The monoisotopic (exact) mass is 181 g/mol. The van der Waals surface area contributed by atoms with Crippen molar-refractivity contribution in [2.24, 2.45) is 7.05 Å². The summed E-state index contributed by atoms with van der Waals surface area (Å²) in [6.45, 7) is 0. The van der Waals surface area contributed by atoms with E-state index in [0.717, 1.165) is 10.8 Å². The van der Waals surface area contributed by atoms with Crippen LogP contribution >= 0.6 is 11.3 Å². The summed E-state index contributed by atoms with van der Waals surface area (Å²) in [4.78, 5) is 8.00. The van der Waals surface area contributed by atoms with E-state index in [1.165, 1.54) is 11.3 Å². The van der Waals surface area contributed by atoms with Gasteiger partial charge in [0.2, 0.25) is 5.88 Å². The molecule has 0 unspecified atom stereocenters. The lowest BCUT2D eigenvalue weighted by molar-refractivity contribution is 0.457. The standard InChI is InChI=1S/C7H7N3OS/c1-10-3-2-8-6(10)7-9-5(11)4-12-7/h2-4,11H,1H3. The van der Waals surface area contributed by atoms with Crippen LogP contribution in [0.1, 0.15) is 0 Å². The fourth-order valence-electron chi connectivity index (χ4n) is 0.940. The van der Waals surface area contributed by atoms with E-state index in [4.69, 9.17) is 5.11 Å².